The van der Waals surface area contributed by atoms with Crippen molar-refractivity contribution in [2.45, 2.75) is 6.92 Å². The fourth-order valence-corrected chi connectivity index (χ4v) is 1.59. The molecule has 1 aromatic heterocycles. The van der Waals surface area contributed by atoms with E-state index in [0.29, 0.717) is 0 Å². The first-order valence-electron chi connectivity index (χ1n) is 5.40. The van der Waals surface area contributed by atoms with Crippen LogP contribution in [0.4, 0.5) is 10.2 Å². The molecule has 0 fully saturated rings. The first kappa shape index (κ1) is 12.1. The Morgan fingerprint density at radius 3 is 2.89 bits per heavy atom. The minimum atomic E-state index is -0.629. The summed E-state index contributed by atoms with van der Waals surface area (Å²) in [5.74, 6) is -1.09. The number of para-hydroxylation sites is 1. The van der Waals surface area contributed by atoms with Gasteiger partial charge in [-0.2, -0.15) is 0 Å². The monoisotopic (exact) mass is 249 g/mol. The minimum Gasteiger partial charge on any atom is -0.461 e. The van der Waals surface area contributed by atoms with E-state index in [2.05, 4.69) is 4.98 Å². The third-order valence-corrected chi connectivity index (χ3v) is 2.38. The van der Waals surface area contributed by atoms with Crippen molar-refractivity contribution in [3.05, 3.63) is 42.1 Å². The van der Waals surface area contributed by atoms with Crippen LogP contribution < -0.4 is 5.73 Å². The second-order valence-electron chi connectivity index (χ2n) is 3.52. The molecule has 1 heterocycles. The molecular formula is C12H12FN3O2. The van der Waals surface area contributed by atoms with E-state index in [9.17, 15) is 9.18 Å². The lowest BCUT2D eigenvalue weighted by Gasteiger charge is -2.08. The first-order chi connectivity index (χ1) is 8.65. The maximum absolute atomic E-state index is 13.7. The minimum absolute atomic E-state index is 0.0108. The van der Waals surface area contributed by atoms with Crippen LogP contribution in [0.1, 0.15) is 17.4 Å². The number of nitrogen functional groups attached to an aromatic ring is 1. The van der Waals surface area contributed by atoms with Crippen LogP contribution in [0.2, 0.25) is 0 Å². The second-order valence-corrected chi connectivity index (χ2v) is 3.52. The summed E-state index contributed by atoms with van der Waals surface area (Å²) in [5, 5.41) is 0. The van der Waals surface area contributed by atoms with E-state index in [1.54, 1.807) is 19.1 Å². The normalized spacial score (nSPS) is 10.3. The Labute approximate surface area is 103 Å². The van der Waals surface area contributed by atoms with Gasteiger partial charge in [-0.3, -0.25) is 4.57 Å². The van der Waals surface area contributed by atoms with Gasteiger partial charge >= 0.3 is 5.97 Å². The van der Waals surface area contributed by atoms with Crippen LogP contribution >= 0.6 is 0 Å². The molecular weight excluding hydrogens is 237 g/mol. The smallest absolute Gasteiger partial charge is 0.359 e. The predicted octanol–water partition coefficient (Wildman–Crippen LogP) is 1.77. The van der Waals surface area contributed by atoms with Crippen LogP contribution in [-0.4, -0.2) is 22.1 Å². The van der Waals surface area contributed by atoms with Crippen molar-refractivity contribution in [1.29, 1.82) is 0 Å². The molecule has 0 saturated carbocycles. The number of carbonyl (C=O) groups is 1. The molecule has 0 bridgehead atoms. The molecule has 2 N–H and O–H groups in total. The van der Waals surface area contributed by atoms with E-state index in [1.807, 2.05) is 0 Å². The zero-order chi connectivity index (χ0) is 13.1. The summed E-state index contributed by atoms with van der Waals surface area (Å²) in [7, 11) is 0. The lowest BCUT2D eigenvalue weighted by atomic mass is 10.3. The third kappa shape index (κ3) is 2.04. The maximum Gasteiger partial charge on any atom is 0.359 e. The number of nitrogens with zero attached hydrogens (tertiary/aromatic N) is 2. The topological polar surface area (TPSA) is 70.1 Å². The van der Waals surface area contributed by atoms with Gasteiger partial charge in [-0.1, -0.05) is 12.1 Å². The van der Waals surface area contributed by atoms with Gasteiger partial charge in [0.2, 0.25) is 0 Å². The predicted molar refractivity (Wildman–Crippen MR) is 63.9 cm³/mol. The van der Waals surface area contributed by atoms with Crippen LogP contribution in [0.15, 0.2) is 30.6 Å². The number of rotatable bonds is 3. The third-order valence-electron chi connectivity index (χ3n) is 2.38. The summed E-state index contributed by atoms with van der Waals surface area (Å²) in [4.78, 5) is 15.6. The van der Waals surface area contributed by atoms with Crippen LogP contribution in [0, 0.1) is 5.82 Å². The fourth-order valence-electron chi connectivity index (χ4n) is 1.59. The number of anilines is 1. The molecule has 0 atom stereocenters. The van der Waals surface area contributed by atoms with E-state index in [0.717, 1.165) is 0 Å². The van der Waals surface area contributed by atoms with E-state index < -0.39 is 11.8 Å². The van der Waals surface area contributed by atoms with Crippen LogP contribution in [0.3, 0.4) is 0 Å². The Kier molecular flexibility index (Phi) is 3.27. The van der Waals surface area contributed by atoms with Crippen molar-refractivity contribution < 1.29 is 13.9 Å². The lowest BCUT2D eigenvalue weighted by Crippen LogP contribution is -2.13. The van der Waals surface area contributed by atoms with E-state index in [4.69, 9.17) is 10.5 Å². The molecule has 0 spiro atoms. The number of carbonyl (C=O) groups excluding carboxylic acids is 1. The number of esters is 1. The summed E-state index contributed by atoms with van der Waals surface area (Å²) < 4.78 is 19.8. The van der Waals surface area contributed by atoms with Crippen LogP contribution in [-0.2, 0) is 4.74 Å². The summed E-state index contributed by atoms with van der Waals surface area (Å²) in [6, 6.07) is 6.03. The van der Waals surface area contributed by atoms with Gasteiger partial charge in [-0.15, -0.1) is 0 Å². The molecule has 2 rings (SSSR count). The van der Waals surface area contributed by atoms with Crippen molar-refractivity contribution in [3.63, 3.8) is 0 Å². The number of aromatic nitrogens is 2. The molecule has 0 aliphatic heterocycles. The quantitative estimate of drug-likeness (QED) is 0.841. The zero-order valence-electron chi connectivity index (χ0n) is 9.76. The fraction of sp³-hybridized carbons (Fsp3) is 0.167. The van der Waals surface area contributed by atoms with Gasteiger partial charge < -0.3 is 10.5 Å². The van der Waals surface area contributed by atoms with Gasteiger partial charge in [0.25, 0.3) is 0 Å². The highest BCUT2D eigenvalue weighted by Gasteiger charge is 2.20. The Hall–Kier alpha value is -2.37. The molecule has 5 nitrogen and oxygen atoms in total. The van der Waals surface area contributed by atoms with Gasteiger partial charge in [0.05, 0.1) is 12.3 Å². The summed E-state index contributed by atoms with van der Waals surface area (Å²) in [5.41, 5.74) is 5.83. The Bertz CT molecular complexity index is 580. The highest BCUT2D eigenvalue weighted by Crippen LogP contribution is 2.19. The highest BCUT2D eigenvalue weighted by molar-refractivity contribution is 5.93. The number of imidazole rings is 1. The number of ether oxygens (including phenoxy) is 1. The van der Waals surface area contributed by atoms with Gasteiger partial charge in [0.1, 0.15) is 12.1 Å². The Balaban J connectivity index is 2.53. The van der Waals surface area contributed by atoms with E-state index in [-0.39, 0.29) is 23.8 Å². The van der Waals surface area contributed by atoms with Crippen molar-refractivity contribution in [2.24, 2.45) is 0 Å². The maximum atomic E-state index is 13.7. The molecule has 0 amide bonds. The van der Waals surface area contributed by atoms with Gasteiger partial charge in [0, 0.05) is 0 Å². The molecule has 2 aromatic rings. The average Bonchev–Trinajstić information content (AvgIpc) is 2.72. The summed E-state index contributed by atoms with van der Waals surface area (Å²) in [6.07, 6.45) is 1.29. The van der Waals surface area contributed by atoms with Crippen molar-refractivity contribution in [2.75, 3.05) is 12.3 Å². The van der Waals surface area contributed by atoms with Crippen LogP contribution in [0.5, 0.6) is 0 Å². The van der Waals surface area contributed by atoms with Gasteiger partial charge in [-0.05, 0) is 19.1 Å². The van der Waals surface area contributed by atoms with Gasteiger partial charge in [-0.25, -0.2) is 14.2 Å². The molecule has 6 heteroatoms. The molecule has 0 saturated heterocycles. The number of hydrogen-bond donors (Lipinski definition) is 1. The molecule has 1 aromatic carbocycles. The number of hydrogen-bond acceptors (Lipinski definition) is 4. The van der Waals surface area contributed by atoms with E-state index >= 15 is 0 Å². The first-order valence-corrected chi connectivity index (χ1v) is 5.40. The molecule has 18 heavy (non-hydrogen) atoms. The van der Waals surface area contributed by atoms with Crippen LogP contribution in [0.25, 0.3) is 5.69 Å². The average molecular weight is 249 g/mol. The SMILES string of the molecule is CCOC(=O)c1c(N)ncn1-c1ccccc1F. The Morgan fingerprint density at radius 2 is 2.22 bits per heavy atom. The number of halogens is 1. The summed E-state index contributed by atoms with van der Waals surface area (Å²) in [6.45, 7) is 1.89. The summed E-state index contributed by atoms with van der Waals surface area (Å²) >= 11 is 0. The molecule has 0 unspecified atom stereocenters. The second kappa shape index (κ2) is 4.87. The zero-order valence-corrected chi connectivity index (χ0v) is 9.76. The standard InChI is InChI=1S/C12H12FN3O2/c1-2-18-12(17)10-11(14)15-7-16(10)9-6-4-3-5-8(9)13/h3-7H,2,14H2,1H3. The largest absolute Gasteiger partial charge is 0.461 e. The highest BCUT2D eigenvalue weighted by atomic mass is 19.1. The number of benzene rings is 1. The molecule has 0 aliphatic rings. The van der Waals surface area contributed by atoms with Crippen molar-refractivity contribution >= 4 is 11.8 Å². The molecule has 0 aliphatic carbocycles. The Morgan fingerprint density at radius 1 is 1.50 bits per heavy atom. The van der Waals surface area contributed by atoms with Crippen molar-refractivity contribution in [1.82, 2.24) is 9.55 Å². The lowest BCUT2D eigenvalue weighted by molar-refractivity contribution is 0.0518. The van der Waals surface area contributed by atoms with Gasteiger partial charge in [0.15, 0.2) is 11.5 Å². The molecule has 94 valence electrons. The van der Waals surface area contributed by atoms with E-state index in [1.165, 1.54) is 23.0 Å². The van der Waals surface area contributed by atoms with Crippen molar-refractivity contribution in [3.8, 4) is 5.69 Å². The number of nitrogens with two attached hydrogens (primary N) is 1. The molecule has 0 radical (unpaired) electrons.